The molecule has 0 aliphatic rings. The van der Waals surface area contributed by atoms with Crippen LogP contribution < -0.4 is 0 Å². The predicted octanol–water partition coefficient (Wildman–Crippen LogP) is 2.07. The minimum Gasteiger partial charge on any atom is -0.468 e. The van der Waals surface area contributed by atoms with Gasteiger partial charge < -0.3 is 4.74 Å². The number of esters is 1. The summed E-state index contributed by atoms with van der Waals surface area (Å²) in [6.45, 7) is 3.40. The summed E-state index contributed by atoms with van der Waals surface area (Å²) in [5.41, 5.74) is 0. The summed E-state index contributed by atoms with van der Waals surface area (Å²) < 4.78 is 3.44. The molecule has 0 spiro atoms. The molecule has 76 valence electrons. The first-order valence-electron chi connectivity index (χ1n) is 4.27. The van der Waals surface area contributed by atoms with Crippen molar-refractivity contribution in [3.8, 4) is 0 Å². The molecule has 0 heterocycles. The average Bonchev–Trinajstić information content (AvgIpc) is 2.12. The SMILES string of the molecule is CCCCC(Br)(C(C)=O)C(=O)OC. The quantitative estimate of drug-likeness (QED) is 0.427. The van der Waals surface area contributed by atoms with Crippen LogP contribution in [0.25, 0.3) is 0 Å². The fraction of sp³-hybridized carbons (Fsp3) is 0.778. The van der Waals surface area contributed by atoms with E-state index in [4.69, 9.17) is 0 Å². The molecule has 0 N–H and O–H groups in total. The van der Waals surface area contributed by atoms with Crippen LogP contribution in [-0.4, -0.2) is 23.2 Å². The van der Waals surface area contributed by atoms with Gasteiger partial charge in [0, 0.05) is 0 Å². The van der Waals surface area contributed by atoms with Crippen LogP contribution in [0.2, 0.25) is 0 Å². The van der Waals surface area contributed by atoms with Crippen LogP contribution in [-0.2, 0) is 14.3 Å². The molecular formula is C9H15BrO3. The van der Waals surface area contributed by atoms with E-state index < -0.39 is 10.3 Å². The lowest BCUT2D eigenvalue weighted by Gasteiger charge is -2.20. The highest BCUT2D eigenvalue weighted by molar-refractivity contribution is 9.10. The molecule has 0 aliphatic heterocycles. The number of halogens is 1. The number of hydrogen-bond acceptors (Lipinski definition) is 3. The van der Waals surface area contributed by atoms with E-state index in [2.05, 4.69) is 20.7 Å². The Bertz CT molecular complexity index is 203. The molecule has 0 aromatic rings. The van der Waals surface area contributed by atoms with Crippen LogP contribution in [0, 0.1) is 0 Å². The van der Waals surface area contributed by atoms with Gasteiger partial charge in [0.25, 0.3) is 0 Å². The zero-order valence-electron chi connectivity index (χ0n) is 8.22. The molecule has 13 heavy (non-hydrogen) atoms. The zero-order valence-corrected chi connectivity index (χ0v) is 9.81. The fourth-order valence-electron chi connectivity index (χ4n) is 1.00. The second-order valence-corrected chi connectivity index (χ2v) is 4.31. The van der Waals surface area contributed by atoms with Crippen LogP contribution in [0.4, 0.5) is 0 Å². The Morgan fingerprint density at radius 3 is 2.31 bits per heavy atom. The largest absolute Gasteiger partial charge is 0.468 e. The van der Waals surface area contributed by atoms with Crippen molar-refractivity contribution >= 4 is 27.7 Å². The van der Waals surface area contributed by atoms with Crippen LogP contribution in [0.5, 0.6) is 0 Å². The molecule has 0 amide bonds. The standard InChI is InChI=1S/C9H15BrO3/c1-4-5-6-9(10,7(2)11)8(12)13-3/h4-6H2,1-3H3. The Morgan fingerprint density at radius 1 is 1.46 bits per heavy atom. The molecule has 0 saturated carbocycles. The summed E-state index contributed by atoms with van der Waals surface area (Å²) in [6, 6.07) is 0. The van der Waals surface area contributed by atoms with E-state index in [1.54, 1.807) is 0 Å². The third-order valence-corrected chi connectivity index (χ3v) is 3.22. The second-order valence-electron chi connectivity index (χ2n) is 2.95. The fourth-order valence-corrected chi connectivity index (χ4v) is 1.45. The van der Waals surface area contributed by atoms with E-state index in [0.717, 1.165) is 12.8 Å². The average molecular weight is 251 g/mol. The van der Waals surface area contributed by atoms with Gasteiger partial charge in [0.15, 0.2) is 10.1 Å². The highest BCUT2D eigenvalue weighted by atomic mass is 79.9. The monoisotopic (exact) mass is 250 g/mol. The summed E-state index contributed by atoms with van der Waals surface area (Å²) in [7, 11) is 1.28. The van der Waals surface area contributed by atoms with Crippen LogP contribution >= 0.6 is 15.9 Å². The van der Waals surface area contributed by atoms with Crippen LogP contribution in [0.15, 0.2) is 0 Å². The van der Waals surface area contributed by atoms with Crippen molar-refractivity contribution in [3.05, 3.63) is 0 Å². The van der Waals surface area contributed by atoms with E-state index in [1.807, 2.05) is 6.92 Å². The molecular weight excluding hydrogens is 236 g/mol. The molecule has 0 saturated heterocycles. The molecule has 1 atom stereocenters. The number of methoxy groups -OCH3 is 1. The van der Waals surface area contributed by atoms with E-state index in [-0.39, 0.29) is 5.78 Å². The van der Waals surface area contributed by atoms with Crippen molar-refractivity contribution in [1.82, 2.24) is 0 Å². The van der Waals surface area contributed by atoms with Gasteiger partial charge in [0.1, 0.15) is 0 Å². The lowest BCUT2D eigenvalue weighted by molar-refractivity contribution is -0.146. The van der Waals surface area contributed by atoms with Crippen molar-refractivity contribution in [2.45, 2.75) is 37.4 Å². The molecule has 0 radical (unpaired) electrons. The normalized spacial score (nSPS) is 14.8. The van der Waals surface area contributed by atoms with E-state index >= 15 is 0 Å². The van der Waals surface area contributed by atoms with Gasteiger partial charge >= 0.3 is 5.97 Å². The Labute approximate surface area is 87.0 Å². The van der Waals surface area contributed by atoms with Gasteiger partial charge in [-0.1, -0.05) is 35.7 Å². The minimum atomic E-state index is -1.13. The maximum absolute atomic E-state index is 11.3. The number of ether oxygens (including phenoxy) is 1. The molecule has 0 aliphatic carbocycles. The molecule has 0 fully saturated rings. The first kappa shape index (κ1) is 12.6. The maximum atomic E-state index is 11.3. The first-order chi connectivity index (χ1) is 5.99. The Hall–Kier alpha value is -0.380. The van der Waals surface area contributed by atoms with Crippen molar-refractivity contribution < 1.29 is 14.3 Å². The summed E-state index contributed by atoms with van der Waals surface area (Å²) in [4.78, 5) is 22.5. The predicted molar refractivity (Wildman–Crippen MR) is 53.9 cm³/mol. The Morgan fingerprint density at radius 2 is 2.00 bits per heavy atom. The lowest BCUT2D eigenvalue weighted by atomic mass is 9.98. The number of rotatable bonds is 5. The first-order valence-corrected chi connectivity index (χ1v) is 5.06. The molecule has 0 bridgehead atoms. The highest BCUT2D eigenvalue weighted by Crippen LogP contribution is 2.27. The summed E-state index contributed by atoms with van der Waals surface area (Å²) in [5, 5.41) is 0. The van der Waals surface area contributed by atoms with Gasteiger partial charge in [-0.05, 0) is 13.3 Å². The summed E-state index contributed by atoms with van der Waals surface area (Å²) in [5.74, 6) is -0.707. The van der Waals surface area contributed by atoms with E-state index in [0.29, 0.717) is 6.42 Å². The summed E-state index contributed by atoms with van der Waals surface area (Å²) in [6.07, 6.45) is 2.25. The number of ketones is 1. The van der Waals surface area contributed by atoms with Crippen LogP contribution in [0.1, 0.15) is 33.1 Å². The molecule has 0 aromatic carbocycles. The number of carbonyl (C=O) groups is 2. The molecule has 3 nitrogen and oxygen atoms in total. The van der Waals surface area contributed by atoms with Crippen molar-refractivity contribution in [2.24, 2.45) is 0 Å². The van der Waals surface area contributed by atoms with Gasteiger partial charge in [-0.25, -0.2) is 0 Å². The van der Waals surface area contributed by atoms with E-state index in [9.17, 15) is 9.59 Å². The lowest BCUT2D eigenvalue weighted by Crippen LogP contribution is -2.40. The van der Waals surface area contributed by atoms with Gasteiger partial charge in [0.05, 0.1) is 7.11 Å². The number of unbranched alkanes of at least 4 members (excludes halogenated alkanes) is 1. The molecule has 0 rings (SSSR count). The number of alkyl halides is 1. The maximum Gasteiger partial charge on any atom is 0.330 e. The summed E-state index contributed by atoms with van der Waals surface area (Å²) >= 11 is 3.15. The third-order valence-electron chi connectivity index (χ3n) is 1.94. The van der Waals surface area contributed by atoms with E-state index in [1.165, 1.54) is 14.0 Å². The molecule has 4 heteroatoms. The van der Waals surface area contributed by atoms with Gasteiger partial charge in [0.2, 0.25) is 0 Å². The van der Waals surface area contributed by atoms with Gasteiger partial charge in [-0.2, -0.15) is 0 Å². The zero-order chi connectivity index (χ0) is 10.5. The molecule has 0 aromatic heterocycles. The van der Waals surface area contributed by atoms with Crippen molar-refractivity contribution in [3.63, 3.8) is 0 Å². The topological polar surface area (TPSA) is 43.4 Å². The number of hydrogen-bond donors (Lipinski definition) is 0. The molecule has 1 unspecified atom stereocenters. The number of Topliss-reactive ketones (excluding diaryl/α,β-unsaturated/α-hetero) is 1. The van der Waals surface area contributed by atoms with Gasteiger partial charge in [-0.15, -0.1) is 0 Å². The second kappa shape index (κ2) is 5.37. The Balaban J connectivity index is 4.52. The smallest absolute Gasteiger partial charge is 0.330 e. The Kier molecular flexibility index (Phi) is 5.21. The van der Waals surface area contributed by atoms with Gasteiger partial charge in [-0.3, -0.25) is 9.59 Å². The van der Waals surface area contributed by atoms with Crippen LogP contribution in [0.3, 0.4) is 0 Å². The highest BCUT2D eigenvalue weighted by Gasteiger charge is 2.40. The minimum absolute atomic E-state index is 0.201. The van der Waals surface area contributed by atoms with Crippen molar-refractivity contribution in [2.75, 3.05) is 7.11 Å². The third kappa shape index (κ3) is 3.10. The van der Waals surface area contributed by atoms with Crippen molar-refractivity contribution in [1.29, 1.82) is 0 Å². The number of carbonyl (C=O) groups excluding carboxylic acids is 2.